The fraction of sp³-hybridized carbons (Fsp3) is 0.389. The van der Waals surface area contributed by atoms with Crippen molar-refractivity contribution in [2.24, 2.45) is 7.05 Å². The molecule has 0 spiro atoms. The Labute approximate surface area is 156 Å². The molecule has 27 heavy (non-hydrogen) atoms. The minimum absolute atomic E-state index is 0.0470. The lowest BCUT2D eigenvalue weighted by Gasteiger charge is -2.31. The van der Waals surface area contributed by atoms with Gasteiger partial charge in [0.1, 0.15) is 30.8 Å². The van der Waals surface area contributed by atoms with E-state index in [9.17, 15) is 9.90 Å². The van der Waals surface area contributed by atoms with Crippen molar-refractivity contribution >= 4 is 5.91 Å². The molecular weight excluding hydrogens is 346 g/mol. The van der Waals surface area contributed by atoms with E-state index in [1.165, 1.54) is 12.4 Å². The zero-order chi connectivity index (χ0) is 18.8. The first-order chi connectivity index (χ1) is 13.1. The van der Waals surface area contributed by atoms with Crippen molar-refractivity contribution in [3.05, 3.63) is 54.1 Å². The predicted octanol–water partition coefficient (Wildman–Crippen LogP) is 1.18. The average molecular weight is 367 g/mol. The second-order valence-corrected chi connectivity index (χ2v) is 6.74. The Hall–Kier alpha value is -3.23. The molecular formula is C18H21N7O2. The maximum Gasteiger partial charge on any atom is 0.253 e. The van der Waals surface area contributed by atoms with Crippen LogP contribution in [0.3, 0.4) is 0 Å². The second kappa shape index (κ2) is 7.18. The number of carbonyl (C=O) groups excluding carboxylic acids is 1. The van der Waals surface area contributed by atoms with Crippen LogP contribution in [0, 0.1) is 0 Å². The Kier molecular flexibility index (Phi) is 4.57. The maximum atomic E-state index is 12.6. The van der Waals surface area contributed by atoms with Crippen LogP contribution in [-0.2, 0) is 13.6 Å². The third-order valence-corrected chi connectivity index (χ3v) is 5.01. The molecule has 3 heterocycles. The third kappa shape index (κ3) is 3.53. The summed E-state index contributed by atoms with van der Waals surface area (Å²) in [5.74, 6) is 2.09. The van der Waals surface area contributed by atoms with Crippen LogP contribution in [-0.4, -0.2) is 58.5 Å². The van der Waals surface area contributed by atoms with E-state index < -0.39 is 0 Å². The van der Waals surface area contributed by atoms with Crippen LogP contribution in [0.15, 0.2) is 36.9 Å². The Balaban J connectivity index is 1.41. The largest absolute Gasteiger partial charge is 0.508 e. The van der Waals surface area contributed by atoms with Crippen LogP contribution in [0.4, 0.5) is 0 Å². The molecule has 4 rings (SSSR count). The molecule has 0 aliphatic carbocycles. The van der Waals surface area contributed by atoms with E-state index >= 15 is 0 Å². The van der Waals surface area contributed by atoms with E-state index in [0.717, 1.165) is 24.5 Å². The monoisotopic (exact) mass is 367 g/mol. The molecule has 9 nitrogen and oxygen atoms in total. The van der Waals surface area contributed by atoms with Crippen molar-refractivity contribution in [3.8, 4) is 5.75 Å². The molecule has 1 N–H and O–H groups in total. The first-order valence-corrected chi connectivity index (χ1v) is 8.90. The summed E-state index contributed by atoms with van der Waals surface area (Å²) in [6, 6.07) is 6.49. The summed E-state index contributed by atoms with van der Waals surface area (Å²) >= 11 is 0. The van der Waals surface area contributed by atoms with Crippen molar-refractivity contribution < 1.29 is 9.90 Å². The molecule has 0 radical (unpaired) electrons. The number of nitrogens with zero attached hydrogens (tertiary/aromatic N) is 7. The second-order valence-electron chi connectivity index (χ2n) is 6.74. The summed E-state index contributed by atoms with van der Waals surface area (Å²) in [7, 11) is 1.96. The van der Waals surface area contributed by atoms with Crippen molar-refractivity contribution in [3.63, 3.8) is 0 Å². The Morgan fingerprint density at radius 3 is 2.78 bits per heavy atom. The van der Waals surface area contributed by atoms with Crippen LogP contribution in [0.2, 0.25) is 0 Å². The molecule has 0 saturated carbocycles. The quantitative estimate of drug-likeness (QED) is 0.743. The number of carbonyl (C=O) groups is 1. The Morgan fingerprint density at radius 1 is 1.26 bits per heavy atom. The summed E-state index contributed by atoms with van der Waals surface area (Å²) < 4.78 is 3.73. The molecule has 0 bridgehead atoms. The highest BCUT2D eigenvalue weighted by Gasteiger charge is 2.28. The topological polar surface area (TPSA) is 102 Å². The van der Waals surface area contributed by atoms with Gasteiger partial charge in [0.05, 0.1) is 0 Å². The lowest BCUT2D eigenvalue weighted by atomic mass is 9.95. The van der Waals surface area contributed by atoms with Crippen LogP contribution in [0.5, 0.6) is 5.75 Å². The van der Waals surface area contributed by atoms with Gasteiger partial charge < -0.3 is 14.6 Å². The number of likely N-dealkylation sites (tertiary alicyclic amines) is 1. The van der Waals surface area contributed by atoms with E-state index in [1.807, 2.05) is 16.5 Å². The van der Waals surface area contributed by atoms with Gasteiger partial charge in [-0.2, -0.15) is 5.10 Å². The minimum Gasteiger partial charge on any atom is -0.508 e. The summed E-state index contributed by atoms with van der Waals surface area (Å²) in [5.41, 5.74) is 0.516. The molecule has 0 atom stereocenters. The van der Waals surface area contributed by atoms with Crippen molar-refractivity contribution in [2.75, 3.05) is 13.1 Å². The summed E-state index contributed by atoms with van der Waals surface area (Å²) in [4.78, 5) is 18.4. The van der Waals surface area contributed by atoms with Gasteiger partial charge in [-0.3, -0.25) is 4.79 Å². The molecule has 1 fully saturated rings. The van der Waals surface area contributed by atoms with Gasteiger partial charge in [0.25, 0.3) is 5.91 Å². The zero-order valence-electron chi connectivity index (χ0n) is 15.1. The lowest BCUT2D eigenvalue weighted by Crippen LogP contribution is -2.38. The van der Waals surface area contributed by atoms with Crippen LogP contribution in [0.25, 0.3) is 0 Å². The minimum atomic E-state index is -0.0470. The van der Waals surface area contributed by atoms with Gasteiger partial charge >= 0.3 is 0 Å². The fourth-order valence-corrected chi connectivity index (χ4v) is 3.49. The molecule has 9 heteroatoms. The summed E-state index contributed by atoms with van der Waals surface area (Å²) in [6.07, 6.45) is 4.82. The summed E-state index contributed by atoms with van der Waals surface area (Å²) in [5, 5.41) is 22.3. The number of hydrogen-bond donors (Lipinski definition) is 1. The third-order valence-electron chi connectivity index (χ3n) is 5.01. The van der Waals surface area contributed by atoms with Gasteiger partial charge in [-0.25, -0.2) is 9.67 Å². The molecule has 2 aromatic heterocycles. The van der Waals surface area contributed by atoms with Crippen LogP contribution in [0.1, 0.15) is 40.8 Å². The number of hydrogen-bond acceptors (Lipinski definition) is 6. The Morgan fingerprint density at radius 2 is 2.07 bits per heavy atom. The van der Waals surface area contributed by atoms with E-state index in [4.69, 9.17) is 0 Å². The maximum absolute atomic E-state index is 12.6. The van der Waals surface area contributed by atoms with Gasteiger partial charge in [-0.15, -0.1) is 10.2 Å². The first kappa shape index (κ1) is 17.2. The molecule has 140 valence electrons. The number of phenols is 1. The number of aromatic hydroxyl groups is 1. The first-order valence-electron chi connectivity index (χ1n) is 8.90. The number of piperidine rings is 1. The van der Waals surface area contributed by atoms with E-state index in [-0.39, 0.29) is 17.6 Å². The SMILES string of the molecule is Cn1c(Cn2cncn2)nnc1C1CCN(C(=O)c2cccc(O)c2)CC1. The normalized spacial score (nSPS) is 15.2. The predicted molar refractivity (Wildman–Crippen MR) is 96.1 cm³/mol. The fourth-order valence-electron chi connectivity index (χ4n) is 3.49. The van der Waals surface area contributed by atoms with E-state index in [1.54, 1.807) is 29.2 Å². The molecule has 1 aliphatic heterocycles. The number of benzene rings is 1. The highest BCUT2D eigenvalue weighted by Crippen LogP contribution is 2.28. The van der Waals surface area contributed by atoms with Crippen molar-refractivity contribution in [1.29, 1.82) is 0 Å². The van der Waals surface area contributed by atoms with E-state index in [2.05, 4.69) is 20.3 Å². The number of rotatable bonds is 4. The molecule has 1 saturated heterocycles. The summed E-state index contributed by atoms with van der Waals surface area (Å²) in [6.45, 7) is 1.84. The van der Waals surface area contributed by atoms with Crippen LogP contribution >= 0.6 is 0 Å². The molecule has 1 aliphatic rings. The number of amides is 1. The number of aromatic nitrogens is 6. The standard InChI is InChI=1S/C18H21N7O2/c1-23-16(10-25-12-19-11-20-25)21-22-17(23)13-5-7-24(8-6-13)18(27)14-3-2-4-15(26)9-14/h2-4,9,11-13,26H,5-8,10H2,1H3. The highest BCUT2D eigenvalue weighted by atomic mass is 16.3. The van der Waals surface area contributed by atoms with Gasteiger partial charge in [0.2, 0.25) is 0 Å². The van der Waals surface area contributed by atoms with Gasteiger partial charge in [0.15, 0.2) is 5.82 Å². The van der Waals surface area contributed by atoms with Crippen molar-refractivity contribution in [2.45, 2.75) is 25.3 Å². The van der Waals surface area contributed by atoms with Gasteiger partial charge in [-0.1, -0.05) is 6.07 Å². The van der Waals surface area contributed by atoms with Crippen LogP contribution < -0.4 is 0 Å². The van der Waals surface area contributed by atoms with Gasteiger partial charge in [-0.05, 0) is 31.0 Å². The van der Waals surface area contributed by atoms with E-state index in [0.29, 0.717) is 25.2 Å². The Bertz CT molecular complexity index is 927. The zero-order valence-corrected chi connectivity index (χ0v) is 15.1. The highest BCUT2D eigenvalue weighted by molar-refractivity contribution is 5.94. The average Bonchev–Trinajstić information content (AvgIpc) is 3.32. The molecule has 1 amide bonds. The molecule has 0 unspecified atom stereocenters. The smallest absolute Gasteiger partial charge is 0.253 e. The van der Waals surface area contributed by atoms with Gasteiger partial charge in [0, 0.05) is 31.6 Å². The molecule has 3 aromatic rings. The van der Waals surface area contributed by atoms with Crippen molar-refractivity contribution in [1.82, 2.24) is 34.4 Å². The lowest BCUT2D eigenvalue weighted by molar-refractivity contribution is 0.0710. The molecule has 1 aromatic carbocycles. The number of phenolic OH excluding ortho intramolecular Hbond substituents is 1.